The van der Waals surface area contributed by atoms with Crippen molar-refractivity contribution in [3.8, 4) is 0 Å². The number of nitrogens with zero attached hydrogens (tertiary/aromatic N) is 1. The summed E-state index contributed by atoms with van der Waals surface area (Å²) in [7, 11) is 1.98. The van der Waals surface area contributed by atoms with Crippen molar-refractivity contribution >= 4 is 11.5 Å². The molecule has 3 heteroatoms. The number of benzene rings is 2. The van der Waals surface area contributed by atoms with Crippen LogP contribution >= 0.6 is 0 Å². The molecule has 0 saturated heterocycles. The molecule has 0 saturated carbocycles. The van der Waals surface area contributed by atoms with Crippen LogP contribution in [0.5, 0.6) is 0 Å². The highest BCUT2D eigenvalue weighted by Crippen LogP contribution is 2.30. The SMILES string of the molecule is CN1Cc2ccccc2C(=O)c2cc(CO)ccc21. The number of ketones is 1. The number of rotatable bonds is 1. The average molecular weight is 253 g/mol. The summed E-state index contributed by atoms with van der Waals surface area (Å²) in [4.78, 5) is 14.7. The highest BCUT2D eigenvalue weighted by molar-refractivity contribution is 6.14. The predicted molar refractivity (Wildman–Crippen MR) is 74.3 cm³/mol. The first-order valence-corrected chi connectivity index (χ1v) is 6.28. The summed E-state index contributed by atoms with van der Waals surface area (Å²) in [5, 5.41) is 9.23. The van der Waals surface area contributed by atoms with Crippen LogP contribution in [0.2, 0.25) is 0 Å². The van der Waals surface area contributed by atoms with Crippen molar-refractivity contribution in [3.63, 3.8) is 0 Å². The topological polar surface area (TPSA) is 40.5 Å². The molecule has 2 aromatic carbocycles. The Labute approximate surface area is 112 Å². The van der Waals surface area contributed by atoms with E-state index in [1.165, 1.54) is 0 Å². The average Bonchev–Trinajstić information content (AvgIpc) is 2.55. The van der Waals surface area contributed by atoms with E-state index in [0.29, 0.717) is 12.1 Å². The molecule has 0 aromatic heterocycles. The summed E-state index contributed by atoms with van der Waals surface area (Å²) in [5.74, 6) is 0.0326. The molecule has 0 bridgehead atoms. The maximum absolute atomic E-state index is 12.6. The molecule has 1 N–H and O–H groups in total. The Morgan fingerprint density at radius 1 is 1.16 bits per heavy atom. The van der Waals surface area contributed by atoms with Gasteiger partial charge in [0, 0.05) is 30.4 Å². The van der Waals surface area contributed by atoms with E-state index in [-0.39, 0.29) is 12.4 Å². The molecule has 1 heterocycles. The number of aliphatic hydroxyl groups excluding tert-OH is 1. The van der Waals surface area contributed by atoms with Crippen LogP contribution in [0.4, 0.5) is 5.69 Å². The second-order valence-corrected chi connectivity index (χ2v) is 4.85. The van der Waals surface area contributed by atoms with Crippen LogP contribution in [0, 0.1) is 0 Å². The van der Waals surface area contributed by atoms with Crippen LogP contribution in [-0.4, -0.2) is 17.9 Å². The molecule has 0 fully saturated rings. The monoisotopic (exact) mass is 253 g/mol. The summed E-state index contributed by atoms with van der Waals surface area (Å²) in [5.41, 5.74) is 4.14. The number of aliphatic hydroxyl groups is 1. The molecule has 1 aliphatic heterocycles. The molecule has 0 spiro atoms. The lowest BCUT2D eigenvalue weighted by atomic mass is 9.98. The minimum atomic E-state index is -0.0497. The Hall–Kier alpha value is -2.13. The smallest absolute Gasteiger partial charge is 0.195 e. The number of anilines is 1. The van der Waals surface area contributed by atoms with Gasteiger partial charge in [-0.3, -0.25) is 4.79 Å². The number of carbonyl (C=O) groups excluding carboxylic acids is 1. The first-order valence-electron chi connectivity index (χ1n) is 6.28. The molecule has 0 unspecified atom stereocenters. The maximum atomic E-state index is 12.6. The Balaban J connectivity index is 2.22. The van der Waals surface area contributed by atoms with E-state index in [1.807, 2.05) is 43.4 Å². The zero-order chi connectivity index (χ0) is 13.4. The molecule has 0 radical (unpaired) electrons. The van der Waals surface area contributed by atoms with Crippen molar-refractivity contribution in [2.24, 2.45) is 0 Å². The van der Waals surface area contributed by atoms with Crippen LogP contribution in [0.25, 0.3) is 0 Å². The van der Waals surface area contributed by atoms with Gasteiger partial charge in [-0.15, -0.1) is 0 Å². The normalized spacial score (nSPS) is 13.8. The predicted octanol–water partition coefficient (Wildman–Crippen LogP) is 2.36. The van der Waals surface area contributed by atoms with E-state index >= 15 is 0 Å². The van der Waals surface area contributed by atoms with E-state index in [0.717, 1.165) is 22.4 Å². The summed E-state index contributed by atoms with van der Waals surface area (Å²) >= 11 is 0. The molecule has 0 atom stereocenters. The van der Waals surface area contributed by atoms with E-state index < -0.39 is 0 Å². The fourth-order valence-corrected chi connectivity index (χ4v) is 2.56. The first-order chi connectivity index (χ1) is 9.20. The molecule has 3 rings (SSSR count). The molecule has 2 aromatic rings. The summed E-state index contributed by atoms with van der Waals surface area (Å²) in [6.45, 7) is 0.666. The van der Waals surface area contributed by atoms with Gasteiger partial charge in [0.1, 0.15) is 0 Å². The maximum Gasteiger partial charge on any atom is 0.195 e. The molecule has 0 aliphatic carbocycles. The number of hydrogen-bond acceptors (Lipinski definition) is 3. The van der Waals surface area contributed by atoms with Crippen molar-refractivity contribution in [2.45, 2.75) is 13.2 Å². The van der Waals surface area contributed by atoms with E-state index in [2.05, 4.69) is 4.90 Å². The molecular formula is C16H15NO2. The van der Waals surface area contributed by atoms with Gasteiger partial charge in [0.2, 0.25) is 0 Å². The molecular weight excluding hydrogens is 238 g/mol. The van der Waals surface area contributed by atoms with Crippen molar-refractivity contribution in [3.05, 3.63) is 64.7 Å². The lowest BCUT2D eigenvalue weighted by Gasteiger charge is -2.19. The third-order valence-corrected chi connectivity index (χ3v) is 3.57. The van der Waals surface area contributed by atoms with Gasteiger partial charge in [0.05, 0.1) is 6.61 Å². The summed E-state index contributed by atoms with van der Waals surface area (Å²) in [6, 6.07) is 13.3. The van der Waals surface area contributed by atoms with Crippen LogP contribution in [-0.2, 0) is 13.2 Å². The van der Waals surface area contributed by atoms with Gasteiger partial charge in [-0.25, -0.2) is 0 Å². The fourth-order valence-electron chi connectivity index (χ4n) is 2.56. The lowest BCUT2D eigenvalue weighted by Crippen LogP contribution is -2.16. The third-order valence-electron chi connectivity index (χ3n) is 3.57. The van der Waals surface area contributed by atoms with Crippen molar-refractivity contribution in [1.82, 2.24) is 0 Å². The minimum Gasteiger partial charge on any atom is -0.392 e. The van der Waals surface area contributed by atoms with Gasteiger partial charge in [-0.05, 0) is 23.3 Å². The first kappa shape index (κ1) is 11.9. The van der Waals surface area contributed by atoms with Gasteiger partial charge in [0.25, 0.3) is 0 Å². The number of fused-ring (bicyclic) bond motifs is 2. The van der Waals surface area contributed by atoms with Gasteiger partial charge in [0.15, 0.2) is 5.78 Å². The van der Waals surface area contributed by atoms with Crippen molar-refractivity contribution < 1.29 is 9.90 Å². The quantitative estimate of drug-likeness (QED) is 0.848. The fraction of sp³-hybridized carbons (Fsp3) is 0.188. The zero-order valence-corrected chi connectivity index (χ0v) is 10.8. The second kappa shape index (κ2) is 4.52. The Morgan fingerprint density at radius 3 is 2.74 bits per heavy atom. The van der Waals surface area contributed by atoms with Crippen molar-refractivity contribution in [1.29, 1.82) is 0 Å². The number of hydrogen-bond donors (Lipinski definition) is 1. The van der Waals surface area contributed by atoms with Gasteiger partial charge in [-0.2, -0.15) is 0 Å². The van der Waals surface area contributed by atoms with E-state index in [1.54, 1.807) is 6.07 Å². The van der Waals surface area contributed by atoms with Gasteiger partial charge < -0.3 is 10.0 Å². The molecule has 3 nitrogen and oxygen atoms in total. The Kier molecular flexibility index (Phi) is 2.84. The highest BCUT2D eigenvalue weighted by atomic mass is 16.3. The van der Waals surface area contributed by atoms with E-state index in [4.69, 9.17) is 0 Å². The van der Waals surface area contributed by atoms with Crippen molar-refractivity contribution in [2.75, 3.05) is 11.9 Å². The summed E-state index contributed by atoms with van der Waals surface area (Å²) < 4.78 is 0. The molecule has 1 aliphatic rings. The Bertz CT molecular complexity index is 649. The second-order valence-electron chi connectivity index (χ2n) is 4.85. The highest BCUT2D eigenvalue weighted by Gasteiger charge is 2.23. The van der Waals surface area contributed by atoms with Crippen LogP contribution in [0.15, 0.2) is 42.5 Å². The van der Waals surface area contributed by atoms with Crippen LogP contribution in [0.3, 0.4) is 0 Å². The zero-order valence-electron chi connectivity index (χ0n) is 10.8. The third kappa shape index (κ3) is 1.92. The Morgan fingerprint density at radius 2 is 1.95 bits per heavy atom. The van der Waals surface area contributed by atoms with Crippen LogP contribution < -0.4 is 4.90 Å². The summed E-state index contributed by atoms with van der Waals surface area (Å²) in [6.07, 6.45) is 0. The van der Waals surface area contributed by atoms with E-state index in [9.17, 15) is 9.90 Å². The van der Waals surface area contributed by atoms with Gasteiger partial charge >= 0.3 is 0 Å². The minimum absolute atomic E-state index is 0.0326. The molecule has 0 amide bonds. The van der Waals surface area contributed by atoms with Gasteiger partial charge in [-0.1, -0.05) is 30.3 Å². The molecule has 96 valence electrons. The molecule has 19 heavy (non-hydrogen) atoms. The standard InChI is InChI=1S/C16H15NO2/c1-17-9-12-4-2-3-5-13(12)16(19)14-8-11(10-18)6-7-15(14)17/h2-8,18H,9-10H2,1H3. The number of carbonyl (C=O) groups is 1. The largest absolute Gasteiger partial charge is 0.392 e. The lowest BCUT2D eigenvalue weighted by molar-refractivity contribution is 0.103. The van der Waals surface area contributed by atoms with Crippen LogP contribution in [0.1, 0.15) is 27.0 Å².